The second kappa shape index (κ2) is 8.50. The molecule has 1 heterocycles. The van der Waals surface area contributed by atoms with Crippen LogP contribution in [0, 0.1) is 0 Å². The van der Waals surface area contributed by atoms with E-state index in [1.165, 1.54) is 43.6 Å². The van der Waals surface area contributed by atoms with Gasteiger partial charge in [-0.15, -0.1) is 0 Å². The number of ether oxygens (including phenoxy) is 1. The Balaban J connectivity index is 1.93. The van der Waals surface area contributed by atoms with Crippen LogP contribution in [0.1, 0.15) is 10.4 Å². The van der Waals surface area contributed by atoms with Crippen molar-refractivity contribution in [2.75, 3.05) is 17.1 Å². The van der Waals surface area contributed by atoms with Gasteiger partial charge in [-0.2, -0.15) is 0 Å². The molecule has 150 valence electrons. The Bertz CT molecular complexity index is 1150. The zero-order valence-electron chi connectivity index (χ0n) is 15.1. The number of benzene rings is 2. The third-order valence-corrected chi connectivity index (χ3v) is 5.76. The highest BCUT2D eigenvalue weighted by molar-refractivity contribution is 9.10. The van der Waals surface area contributed by atoms with E-state index in [-0.39, 0.29) is 27.8 Å². The van der Waals surface area contributed by atoms with E-state index in [0.717, 1.165) is 4.47 Å². The SMILES string of the molecule is COc1ccc(C(=O)Nc2ncccc2O)cc1S(=O)(=O)Nc1ccc(Br)cc1. The van der Waals surface area contributed by atoms with Crippen molar-refractivity contribution in [2.45, 2.75) is 4.90 Å². The van der Waals surface area contributed by atoms with E-state index in [0.29, 0.717) is 5.69 Å². The van der Waals surface area contributed by atoms with E-state index in [1.807, 2.05) is 0 Å². The largest absolute Gasteiger partial charge is 0.504 e. The minimum absolute atomic E-state index is 0.0364. The highest BCUT2D eigenvalue weighted by Crippen LogP contribution is 2.28. The fourth-order valence-corrected chi connectivity index (χ4v) is 3.95. The van der Waals surface area contributed by atoms with Crippen LogP contribution in [0.3, 0.4) is 0 Å². The molecule has 0 unspecified atom stereocenters. The summed E-state index contributed by atoms with van der Waals surface area (Å²) in [7, 11) is -2.71. The summed E-state index contributed by atoms with van der Waals surface area (Å²) in [6.07, 6.45) is 1.40. The summed E-state index contributed by atoms with van der Waals surface area (Å²) >= 11 is 3.29. The van der Waals surface area contributed by atoms with Gasteiger partial charge < -0.3 is 15.2 Å². The van der Waals surface area contributed by atoms with E-state index >= 15 is 0 Å². The van der Waals surface area contributed by atoms with Gasteiger partial charge in [0.05, 0.1) is 7.11 Å². The number of amides is 1. The van der Waals surface area contributed by atoms with Crippen LogP contribution in [0.4, 0.5) is 11.5 Å². The number of halogens is 1. The fraction of sp³-hybridized carbons (Fsp3) is 0.0526. The second-order valence-electron chi connectivity index (χ2n) is 5.80. The number of hydrogen-bond donors (Lipinski definition) is 3. The van der Waals surface area contributed by atoms with Gasteiger partial charge in [-0.1, -0.05) is 15.9 Å². The molecule has 3 aromatic rings. The molecule has 0 saturated heterocycles. The van der Waals surface area contributed by atoms with E-state index in [9.17, 15) is 18.3 Å². The monoisotopic (exact) mass is 477 g/mol. The Morgan fingerprint density at radius 1 is 1.14 bits per heavy atom. The Morgan fingerprint density at radius 3 is 2.52 bits per heavy atom. The summed E-state index contributed by atoms with van der Waals surface area (Å²) in [4.78, 5) is 16.2. The molecule has 0 fully saturated rings. The predicted octanol–water partition coefficient (Wildman–Crippen LogP) is 3.61. The maximum Gasteiger partial charge on any atom is 0.265 e. The molecular formula is C19H16BrN3O5S. The minimum Gasteiger partial charge on any atom is -0.504 e. The summed E-state index contributed by atoms with van der Waals surface area (Å²) in [5, 5.41) is 12.2. The number of rotatable bonds is 6. The third kappa shape index (κ3) is 4.84. The number of methoxy groups -OCH3 is 1. The fourth-order valence-electron chi connectivity index (χ4n) is 2.43. The summed E-state index contributed by atoms with van der Waals surface area (Å²) < 4.78 is 34.1. The first-order valence-electron chi connectivity index (χ1n) is 8.22. The molecule has 0 aliphatic rings. The molecular weight excluding hydrogens is 462 g/mol. The highest BCUT2D eigenvalue weighted by atomic mass is 79.9. The maximum atomic E-state index is 12.9. The molecule has 8 nitrogen and oxygen atoms in total. The lowest BCUT2D eigenvalue weighted by molar-refractivity contribution is 0.102. The molecule has 3 N–H and O–H groups in total. The van der Waals surface area contributed by atoms with Gasteiger partial charge in [0.2, 0.25) is 0 Å². The zero-order chi connectivity index (χ0) is 21.0. The van der Waals surface area contributed by atoms with Crippen molar-refractivity contribution in [3.8, 4) is 11.5 Å². The van der Waals surface area contributed by atoms with E-state index in [1.54, 1.807) is 24.3 Å². The smallest absolute Gasteiger partial charge is 0.265 e. The molecule has 1 amide bonds. The number of aromatic hydroxyl groups is 1. The third-order valence-electron chi connectivity index (χ3n) is 3.83. The number of aromatic nitrogens is 1. The van der Waals surface area contributed by atoms with Crippen molar-refractivity contribution in [3.63, 3.8) is 0 Å². The van der Waals surface area contributed by atoms with Crippen molar-refractivity contribution < 1.29 is 23.1 Å². The number of carbonyl (C=O) groups excluding carboxylic acids is 1. The standard InChI is InChI=1S/C19H16BrN3O5S/c1-28-16-9-4-12(19(25)22-18-15(24)3-2-10-21-18)11-17(16)29(26,27)23-14-7-5-13(20)6-8-14/h2-11,23-24H,1H3,(H,21,22,25). The first-order valence-corrected chi connectivity index (χ1v) is 10.5. The number of sulfonamides is 1. The Kier molecular flexibility index (Phi) is 6.04. The quantitative estimate of drug-likeness (QED) is 0.498. The molecule has 2 aromatic carbocycles. The zero-order valence-corrected chi connectivity index (χ0v) is 17.5. The lowest BCUT2D eigenvalue weighted by atomic mass is 10.2. The number of carbonyl (C=O) groups is 1. The average molecular weight is 478 g/mol. The lowest BCUT2D eigenvalue weighted by Crippen LogP contribution is -2.17. The van der Waals surface area contributed by atoms with Crippen molar-refractivity contribution in [3.05, 3.63) is 70.8 Å². The van der Waals surface area contributed by atoms with Crippen molar-refractivity contribution >= 4 is 43.4 Å². The van der Waals surface area contributed by atoms with Crippen molar-refractivity contribution in [2.24, 2.45) is 0 Å². The van der Waals surface area contributed by atoms with E-state index in [4.69, 9.17) is 4.74 Å². The van der Waals surface area contributed by atoms with Crippen LogP contribution >= 0.6 is 15.9 Å². The minimum atomic E-state index is -4.04. The summed E-state index contributed by atoms with van der Waals surface area (Å²) in [6.45, 7) is 0. The molecule has 1 aromatic heterocycles. The van der Waals surface area contributed by atoms with Crippen LogP contribution in [0.15, 0.2) is 70.2 Å². The first-order chi connectivity index (χ1) is 13.8. The van der Waals surface area contributed by atoms with Crippen LogP contribution in [-0.2, 0) is 10.0 Å². The maximum absolute atomic E-state index is 12.9. The molecule has 29 heavy (non-hydrogen) atoms. The van der Waals surface area contributed by atoms with Gasteiger partial charge in [0.1, 0.15) is 10.6 Å². The Morgan fingerprint density at radius 2 is 1.86 bits per heavy atom. The van der Waals surface area contributed by atoms with Crippen molar-refractivity contribution in [1.29, 1.82) is 0 Å². The normalized spacial score (nSPS) is 11.0. The molecule has 0 spiro atoms. The second-order valence-corrected chi connectivity index (χ2v) is 8.37. The predicted molar refractivity (Wildman–Crippen MR) is 112 cm³/mol. The molecule has 0 aliphatic heterocycles. The lowest BCUT2D eigenvalue weighted by Gasteiger charge is -2.13. The molecule has 0 radical (unpaired) electrons. The van der Waals surface area contributed by atoms with Gasteiger partial charge in [-0.3, -0.25) is 9.52 Å². The Labute approximate surface area is 175 Å². The van der Waals surface area contributed by atoms with Crippen LogP contribution in [0.2, 0.25) is 0 Å². The van der Waals surface area contributed by atoms with Crippen LogP contribution in [0.25, 0.3) is 0 Å². The number of nitrogens with one attached hydrogen (secondary N) is 2. The molecule has 0 aliphatic carbocycles. The molecule has 0 bridgehead atoms. The average Bonchev–Trinajstić information content (AvgIpc) is 2.70. The molecule has 0 saturated carbocycles. The van der Waals surface area contributed by atoms with E-state index in [2.05, 4.69) is 31.0 Å². The number of nitrogens with zero attached hydrogens (tertiary/aromatic N) is 1. The molecule has 3 rings (SSSR count). The van der Waals surface area contributed by atoms with Gasteiger partial charge in [0, 0.05) is 21.9 Å². The molecule has 10 heteroatoms. The summed E-state index contributed by atoms with van der Waals surface area (Å²) in [6, 6.07) is 13.4. The number of hydrogen-bond acceptors (Lipinski definition) is 6. The number of anilines is 2. The highest BCUT2D eigenvalue weighted by Gasteiger charge is 2.22. The Hall–Kier alpha value is -3.11. The van der Waals surface area contributed by atoms with E-state index < -0.39 is 15.9 Å². The van der Waals surface area contributed by atoms with Crippen LogP contribution in [-0.4, -0.2) is 31.5 Å². The first kappa shape index (κ1) is 20.6. The van der Waals surface area contributed by atoms with Crippen LogP contribution < -0.4 is 14.8 Å². The summed E-state index contributed by atoms with van der Waals surface area (Å²) in [5.74, 6) is -0.807. The van der Waals surface area contributed by atoms with Crippen LogP contribution in [0.5, 0.6) is 11.5 Å². The topological polar surface area (TPSA) is 118 Å². The number of pyridine rings is 1. The van der Waals surface area contributed by atoms with Gasteiger partial charge in [0.15, 0.2) is 11.6 Å². The molecule has 0 atom stereocenters. The van der Waals surface area contributed by atoms with Gasteiger partial charge in [-0.25, -0.2) is 13.4 Å². The van der Waals surface area contributed by atoms with Gasteiger partial charge in [-0.05, 0) is 54.6 Å². The summed E-state index contributed by atoms with van der Waals surface area (Å²) in [5.41, 5.74) is 0.399. The van der Waals surface area contributed by atoms with Crippen molar-refractivity contribution in [1.82, 2.24) is 4.98 Å². The van der Waals surface area contributed by atoms with Gasteiger partial charge in [0.25, 0.3) is 15.9 Å². The van der Waals surface area contributed by atoms with Gasteiger partial charge >= 0.3 is 0 Å².